The van der Waals surface area contributed by atoms with E-state index in [4.69, 9.17) is 4.74 Å². The average Bonchev–Trinajstić information content (AvgIpc) is 2.96. The van der Waals surface area contributed by atoms with Gasteiger partial charge in [0.25, 0.3) is 0 Å². The monoisotopic (exact) mass is 342 g/mol. The van der Waals surface area contributed by atoms with Gasteiger partial charge in [-0.1, -0.05) is 24.3 Å². The van der Waals surface area contributed by atoms with Crippen molar-refractivity contribution in [3.8, 4) is 0 Å². The number of imidazole rings is 1. The van der Waals surface area contributed by atoms with Gasteiger partial charge in [0, 0.05) is 10.7 Å². The molecular weight excluding hydrogens is 328 g/mol. The molecule has 3 nitrogen and oxygen atoms in total. The minimum absolute atomic E-state index is 0.0551. The normalized spacial score (nSPS) is 20.9. The van der Waals surface area contributed by atoms with E-state index in [-0.39, 0.29) is 12.2 Å². The summed E-state index contributed by atoms with van der Waals surface area (Å²) in [7, 11) is 0. The van der Waals surface area contributed by atoms with E-state index in [1.54, 1.807) is 0 Å². The minimum atomic E-state index is -0.0551. The Morgan fingerprint density at radius 3 is 2.71 bits per heavy atom. The van der Waals surface area contributed by atoms with Crippen molar-refractivity contribution < 1.29 is 4.74 Å². The van der Waals surface area contributed by atoms with E-state index in [2.05, 4.69) is 62.7 Å². The van der Waals surface area contributed by atoms with Crippen LogP contribution in [-0.2, 0) is 4.74 Å². The first kappa shape index (κ1) is 13.0. The lowest BCUT2D eigenvalue weighted by Crippen LogP contribution is -2.05. The van der Waals surface area contributed by atoms with E-state index in [1.165, 1.54) is 11.1 Å². The number of nitrogens with zero attached hydrogens (tertiary/aromatic N) is 2. The molecule has 4 heteroatoms. The zero-order valence-corrected chi connectivity index (χ0v) is 13.5. The van der Waals surface area contributed by atoms with Gasteiger partial charge in [-0.15, -0.1) is 0 Å². The molecule has 0 bridgehead atoms. The average molecular weight is 343 g/mol. The van der Waals surface area contributed by atoms with Gasteiger partial charge in [-0.3, -0.25) is 4.40 Å². The lowest BCUT2D eigenvalue weighted by molar-refractivity contribution is 0.0423. The maximum Gasteiger partial charge on any atom is 0.137 e. The van der Waals surface area contributed by atoms with E-state index in [0.29, 0.717) is 0 Å². The highest BCUT2D eigenvalue weighted by Gasteiger charge is 2.33. The second-order valence-electron chi connectivity index (χ2n) is 5.45. The molecule has 106 valence electrons. The van der Waals surface area contributed by atoms with Gasteiger partial charge < -0.3 is 4.74 Å². The van der Waals surface area contributed by atoms with Gasteiger partial charge in [0.15, 0.2) is 0 Å². The van der Waals surface area contributed by atoms with Crippen LogP contribution in [0.2, 0.25) is 0 Å². The van der Waals surface area contributed by atoms with Crippen molar-refractivity contribution in [3.63, 3.8) is 0 Å². The van der Waals surface area contributed by atoms with Gasteiger partial charge in [0.05, 0.1) is 17.5 Å². The Morgan fingerprint density at radius 2 is 1.90 bits per heavy atom. The van der Waals surface area contributed by atoms with Gasteiger partial charge in [0.2, 0.25) is 0 Å². The molecule has 3 heterocycles. The van der Waals surface area contributed by atoms with Crippen LogP contribution >= 0.6 is 15.9 Å². The van der Waals surface area contributed by atoms with Crippen LogP contribution in [0.15, 0.2) is 47.1 Å². The predicted molar refractivity (Wildman–Crippen MR) is 85.4 cm³/mol. The van der Waals surface area contributed by atoms with Crippen molar-refractivity contribution >= 4 is 21.6 Å². The standard InChI is InChI=1S/C17H15BrN2O/c1-10-16(20-9-12(18)7-8-15(20)19-10)17-14-6-4-3-5-13(14)11(2)21-17/h3-9,11,17H,1-2H3/t11-,17?/m1/s1. The van der Waals surface area contributed by atoms with Gasteiger partial charge >= 0.3 is 0 Å². The van der Waals surface area contributed by atoms with E-state index in [1.807, 2.05) is 19.1 Å². The fourth-order valence-electron chi connectivity index (χ4n) is 3.15. The number of pyridine rings is 1. The Hall–Kier alpha value is -1.65. The van der Waals surface area contributed by atoms with E-state index < -0.39 is 0 Å². The van der Waals surface area contributed by atoms with E-state index >= 15 is 0 Å². The summed E-state index contributed by atoms with van der Waals surface area (Å²) in [6.45, 7) is 4.15. The summed E-state index contributed by atoms with van der Waals surface area (Å²) in [5, 5.41) is 0. The van der Waals surface area contributed by atoms with Crippen LogP contribution in [0, 0.1) is 6.92 Å². The van der Waals surface area contributed by atoms with Crippen LogP contribution < -0.4 is 0 Å². The smallest absolute Gasteiger partial charge is 0.137 e. The fourth-order valence-corrected chi connectivity index (χ4v) is 3.49. The molecule has 1 unspecified atom stereocenters. The van der Waals surface area contributed by atoms with Crippen LogP contribution in [0.3, 0.4) is 0 Å². The van der Waals surface area contributed by atoms with Crippen molar-refractivity contribution in [2.24, 2.45) is 0 Å². The molecule has 2 atom stereocenters. The molecule has 0 amide bonds. The van der Waals surface area contributed by atoms with Crippen LogP contribution in [0.5, 0.6) is 0 Å². The van der Waals surface area contributed by atoms with Crippen molar-refractivity contribution in [1.29, 1.82) is 0 Å². The third-order valence-corrected chi connectivity index (χ3v) is 4.58. The number of benzene rings is 1. The second-order valence-corrected chi connectivity index (χ2v) is 6.36. The molecule has 0 fully saturated rings. The van der Waals surface area contributed by atoms with Crippen molar-refractivity contribution in [2.75, 3.05) is 0 Å². The third-order valence-electron chi connectivity index (χ3n) is 4.11. The maximum atomic E-state index is 6.23. The Balaban J connectivity index is 1.96. The van der Waals surface area contributed by atoms with Gasteiger partial charge in [-0.25, -0.2) is 4.98 Å². The highest BCUT2D eigenvalue weighted by molar-refractivity contribution is 9.10. The van der Waals surface area contributed by atoms with Crippen molar-refractivity contribution in [3.05, 3.63) is 69.6 Å². The summed E-state index contributed by atoms with van der Waals surface area (Å²) in [5.74, 6) is 0. The Kier molecular flexibility index (Phi) is 2.91. The summed E-state index contributed by atoms with van der Waals surface area (Å²) in [6, 6.07) is 12.5. The number of hydrogen-bond acceptors (Lipinski definition) is 2. The maximum absolute atomic E-state index is 6.23. The number of hydrogen-bond donors (Lipinski definition) is 0. The summed E-state index contributed by atoms with van der Waals surface area (Å²) in [6.07, 6.45) is 2.11. The first-order valence-corrected chi connectivity index (χ1v) is 7.83. The molecule has 0 N–H and O–H groups in total. The number of fused-ring (bicyclic) bond motifs is 2. The molecule has 1 aliphatic heterocycles. The first-order chi connectivity index (χ1) is 10.1. The molecule has 1 aliphatic rings. The van der Waals surface area contributed by atoms with Crippen molar-refractivity contribution in [2.45, 2.75) is 26.1 Å². The van der Waals surface area contributed by atoms with Crippen LogP contribution in [0.4, 0.5) is 0 Å². The number of aryl methyl sites for hydroxylation is 1. The quantitative estimate of drug-likeness (QED) is 0.646. The largest absolute Gasteiger partial charge is 0.360 e. The van der Waals surface area contributed by atoms with Crippen LogP contribution in [-0.4, -0.2) is 9.38 Å². The Bertz CT molecular complexity index is 840. The lowest BCUT2D eigenvalue weighted by atomic mass is 10.0. The molecule has 21 heavy (non-hydrogen) atoms. The number of ether oxygens (including phenoxy) is 1. The first-order valence-electron chi connectivity index (χ1n) is 7.03. The topological polar surface area (TPSA) is 26.5 Å². The minimum Gasteiger partial charge on any atom is -0.360 e. The molecule has 3 aromatic rings. The van der Waals surface area contributed by atoms with Crippen LogP contribution in [0.25, 0.3) is 5.65 Å². The molecule has 0 radical (unpaired) electrons. The number of aromatic nitrogens is 2. The van der Waals surface area contributed by atoms with E-state index in [0.717, 1.165) is 21.5 Å². The highest BCUT2D eigenvalue weighted by atomic mass is 79.9. The molecule has 0 saturated heterocycles. The Labute approximate surface area is 131 Å². The van der Waals surface area contributed by atoms with Gasteiger partial charge in [-0.2, -0.15) is 0 Å². The summed E-state index contributed by atoms with van der Waals surface area (Å²) >= 11 is 3.54. The number of rotatable bonds is 1. The van der Waals surface area contributed by atoms with Gasteiger partial charge in [-0.05, 0) is 53.0 Å². The summed E-state index contributed by atoms with van der Waals surface area (Å²) < 4.78 is 9.39. The molecule has 0 spiro atoms. The van der Waals surface area contributed by atoms with Crippen LogP contribution in [0.1, 0.15) is 41.6 Å². The van der Waals surface area contributed by atoms with Crippen molar-refractivity contribution in [1.82, 2.24) is 9.38 Å². The zero-order chi connectivity index (χ0) is 14.6. The molecule has 0 aliphatic carbocycles. The zero-order valence-electron chi connectivity index (χ0n) is 11.9. The molecule has 2 aromatic heterocycles. The molecule has 0 saturated carbocycles. The SMILES string of the molecule is Cc1nc2ccc(Br)cn2c1C1O[C@H](C)c2ccccc21. The third kappa shape index (κ3) is 1.93. The summed E-state index contributed by atoms with van der Waals surface area (Å²) in [4.78, 5) is 4.66. The Morgan fingerprint density at radius 1 is 1.14 bits per heavy atom. The molecular formula is C17H15BrN2O. The highest BCUT2D eigenvalue weighted by Crippen LogP contribution is 2.43. The predicted octanol–water partition coefficient (Wildman–Crippen LogP) is 4.59. The van der Waals surface area contributed by atoms with E-state index in [9.17, 15) is 0 Å². The fraction of sp³-hybridized carbons (Fsp3) is 0.235. The summed E-state index contributed by atoms with van der Waals surface area (Å²) in [5.41, 5.74) is 5.60. The second kappa shape index (κ2) is 4.68. The number of halogens is 1. The lowest BCUT2D eigenvalue weighted by Gasteiger charge is -2.13. The molecule has 1 aromatic carbocycles. The molecule has 4 rings (SSSR count). The van der Waals surface area contributed by atoms with Gasteiger partial charge in [0.1, 0.15) is 11.8 Å².